The van der Waals surface area contributed by atoms with Gasteiger partial charge in [0.05, 0.1) is 12.0 Å². The average molecular weight is 216 g/mol. The molecular weight excluding hydrogens is 192 g/mol. The molecule has 0 bridgehead atoms. The van der Waals surface area contributed by atoms with E-state index in [0.717, 1.165) is 0 Å². The van der Waals surface area contributed by atoms with E-state index in [9.17, 15) is 9.90 Å². The summed E-state index contributed by atoms with van der Waals surface area (Å²) in [7, 11) is 0. The maximum atomic E-state index is 11.7. The first kappa shape index (κ1) is 14.4. The number of ether oxygens (including phenoxy) is 1. The van der Waals surface area contributed by atoms with Crippen molar-refractivity contribution in [1.29, 1.82) is 0 Å². The lowest BCUT2D eigenvalue weighted by Crippen LogP contribution is -2.39. The lowest BCUT2D eigenvalue weighted by molar-refractivity contribution is -0.165. The highest BCUT2D eigenvalue weighted by Crippen LogP contribution is 2.26. The molecule has 0 heterocycles. The van der Waals surface area contributed by atoms with Gasteiger partial charge in [0.2, 0.25) is 0 Å². The van der Waals surface area contributed by atoms with Crippen molar-refractivity contribution in [2.24, 2.45) is 11.3 Å². The highest BCUT2D eigenvalue weighted by Gasteiger charge is 2.34. The lowest BCUT2D eigenvalue weighted by atomic mass is 9.82. The molecule has 0 amide bonds. The molecule has 0 aromatic rings. The number of carbonyl (C=O) groups excluding carboxylic acids is 1. The summed E-state index contributed by atoms with van der Waals surface area (Å²) in [6, 6.07) is 0. The van der Waals surface area contributed by atoms with E-state index in [4.69, 9.17) is 4.74 Å². The molecule has 0 unspecified atom stereocenters. The van der Waals surface area contributed by atoms with Crippen molar-refractivity contribution in [2.75, 3.05) is 0 Å². The molecule has 0 rings (SSSR count). The summed E-state index contributed by atoms with van der Waals surface area (Å²) in [5.41, 5.74) is -0.806. The van der Waals surface area contributed by atoms with Crippen LogP contribution in [-0.2, 0) is 9.53 Å². The Kier molecular flexibility index (Phi) is 4.35. The van der Waals surface area contributed by atoms with Crippen LogP contribution in [-0.4, -0.2) is 22.8 Å². The smallest absolute Gasteiger partial charge is 0.311 e. The van der Waals surface area contributed by atoms with Crippen LogP contribution in [0.15, 0.2) is 0 Å². The van der Waals surface area contributed by atoms with Gasteiger partial charge in [0, 0.05) is 0 Å². The first-order valence-electron chi connectivity index (χ1n) is 5.36. The predicted octanol–water partition coefficient (Wildman–Crippen LogP) is 2.37. The Morgan fingerprint density at radius 3 is 1.80 bits per heavy atom. The molecule has 1 N–H and O–H groups in total. The molecule has 0 aliphatic heterocycles. The fourth-order valence-electron chi connectivity index (χ4n) is 1.27. The van der Waals surface area contributed by atoms with Gasteiger partial charge in [-0.2, -0.15) is 0 Å². The molecule has 15 heavy (non-hydrogen) atoms. The van der Waals surface area contributed by atoms with Crippen molar-refractivity contribution in [3.05, 3.63) is 0 Å². The number of hydrogen-bond donors (Lipinski definition) is 1. The largest absolute Gasteiger partial charge is 0.460 e. The number of rotatable bonds is 2. The van der Waals surface area contributed by atoms with E-state index in [-0.39, 0.29) is 11.4 Å². The molecule has 0 aliphatic rings. The monoisotopic (exact) mass is 216 g/mol. The molecule has 0 saturated heterocycles. The minimum absolute atomic E-state index is 0.309. The van der Waals surface area contributed by atoms with E-state index in [0.29, 0.717) is 0 Å². The van der Waals surface area contributed by atoms with Crippen LogP contribution in [0, 0.1) is 11.3 Å². The molecule has 0 aromatic carbocycles. The van der Waals surface area contributed by atoms with Crippen LogP contribution in [0.2, 0.25) is 0 Å². The number of carbonyl (C=O) groups is 1. The summed E-state index contributed by atoms with van der Waals surface area (Å²) in [6.07, 6.45) is -0.688. The van der Waals surface area contributed by atoms with E-state index in [2.05, 4.69) is 0 Å². The highest BCUT2D eigenvalue weighted by atomic mass is 16.6. The first-order valence-corrected chi connectivity index (χ1v) is 5.36. The maximum Gasteiger partial charge on any atom is 0.311 e. The Morgan fingerprint density at radius 1 is 1.13 bits per heavy atom. The summed E-state index contributed by atoms with van der Waals surface area (Å²) in [5, 5.41) is 9.92. The fourth-order valence-corrected chi connectivity index (χ4v) is 1.27. The van der Waals surface area contributed by atoms with Gasteiger partial charge in [-0.05, 0) is 33.1 Å². The van der Waals surface area contributed by atoms with Crippen LogP contribution < -0.4 is 0 Å². The Morgan fingerprint density at radius 2 is 1.53 bits per heavy atom. The van der Waals surface area contributed by atoms with Gasteiger partial charge in [0.1, 0.15) is 5.60 Å². The van der Waals surface area contributed by atoms with Crippen LogP contribution in [0.25, 0.3) is 0 Å². The predicted molar refractivity (Wildman–Crippen MR) is 60.5 cm³/mol. The minimum atomic E-state index is -0.688. The van der Waals surface area contributed by atoms with E-state index >= 15 is 0 Å². The molecule has 0 fully saturated rings. The van der Waals surface area contributed by atoms with Gasteiger partial charge < -0.3 is 9.84 Å². The third-order valence-corrected chi connectivity index (χ3v) is 2.14. The second kappa shape index (κ2) is 4.52. The third kappa shape index (κ3) is 5.17. The summed E-state index contributed by atoms with van der Waals surface area (Å²) in [4.78, 5) is 11.7. The molecule has 3 nitrogen and oxygen atoms in total. The molecule has 0 spiro atoms. The maximum absolute atomic E-state index is 11.7. The Bertz CT molecular complexity index is 220. The van der Waals surface area contributed by atoms with Crippen LogP contribution >= 0.6 is 0 Å². The van der Waals surface area contributed by atoms with Crippen molar-refractivity contribution in [2.45, 2.75) is 60.2 Å². The molecule has 90 valence electrons. The van der Waals surface area contributed by atoms with Crippen molar-refractivity contribution in [3.63, 3.8) is 0 Å². The van der Waals surface area contributed by atoms with Gasteiger partial charge in [-0.3, -0.25) is 4.79 Å². The number of aliphatic hydroxyl groups excluding tert-OH is 1. The van der Waals surface area contributed by atoms with Gasteiger partial charge in [-0.25, -0.2) is 0 Å². The third-order valence-electron chi connectivity index (χ3n) is 2.14. The summed E-state index contributed by atoms with van der Waals surface area (Å²) < 4.78 is 5.22. The highest BCUT2D eigenvalue weighted by molar-refractivity contribution is 5.73. The Labute approximate surface area is 92.8 Å². The van der Waals surface area contributed by atoms with Gasteiger partial charge in [0.15, 0.2) is 0 Å². The van der Waals surface area contributed by atoms with Gasteiger partial charge in [0.25, 0.3) is 0 Å². The zero-order valence-corrected chi connectivity index (χ0v) is 10.9. The lowest BCUT2D eigenvalue weighted by Gasteiger charge is -2.31. The van der Waals surface area contributed by atoms with Crippen LogP contribution in [0.1, 0.15) is 48.5 Å². The molecule has 3 heteroatoms. The minimum Gasteiger partial charge on any atom is -0.460 e. The van der Waals surface area contributed by atoms with Crippen LogP contribution in [0.5, 0.6) is 0 Å². The second-order valence-corrected chi connectivity index (χ2v) is 6.13. The molecule has 2 atom stereocenters. The van der Waals surface area contributed by atoms with E-state index in [1.807, 2.05) is 41.5 Å². The average Bonchev–Trinajstić information content (AvgIpc) is 1.96. The zero-order chi connectivity index (χ0) is 12.4. The number of esters is 1. The van der Waals surface area contributed by atoms with Crippen LogP contribution in [0.4, 0.5) is 0 Å². The van der Waals surface area contributed by atoms with Crippen molar-refractivity contribution in [1.82, 2.24) is 0 Å². The molecule has 0 radical (unpaired) electrons. The fraction of sp³-hybridized carbons (Fsp3) is 0.917. The summed E-state index contributed by atoms with van der Waals surface area (Å²) >= 11 is 0. The number of hydrogen-bond acceptors (Lipinski definition) is 3. The van der Waals surface area contributed by atoms with E-state index in [1.165, 1.54) is 0 Å². The first-order chi connectivity index (χ1) is 6.45. The normalized spacial score (nSPS) is 17.1. The van der Waals surface area contributed by atoms with Crippen molar-refractivity contribution < 1.29 is 14.6 Å². The number of aliphatic hydroxyl groups is 1. The second-order valence-electron chi connectivity index (χ2n) is 6.13. The van der Waals surface area contributed by atoms with Gasteiger partial charge >= 0.3 is 5.97 Å². The molecule has 0 saturated carbocycles. The van der Waals surface area contributed by atoms with Gasteiger partial charge in [-0.1, -0.05) is 20.8 Å². The Hall–Kier alpha value is -0.570. The summed E-state index contributed by atoms with van der Waals surface area (Å²) in [5.74, 6) is -0.839. The SMILES string of the molecule is C[C@H](C(=O)OC(C)(C)C)[C@H](O)C(C)(C)C. The standard InChI is InChI=1S/C12H24O3/c1-8(9(13)11(2,3)4)10(14)15-12(5,6)7/h8-9,13H,1-7H3/t8-,9-/m0/s1. The van der Waals surface area contributed by atoms with E-state index < -0.39 is 17.6 Å². The molecular formula is C12H24O3. The van der Waals surface area contributed by atoms with Gasteiger partial charge in [-0.15, -0.1) is 0 Å². The topological polar surface area (TPSA) is 46.5 Å². The quantitative estimate of drug-likeness (QED) is 0.721. The van der Waals surface area contributed by atoms with Crippen molar-refractivity contribution in [3.8, 4) is 0 Å². The Balaban J connectivity index is 4.46. The molecule has 0 aliphatic carbocycles. The zero-order valence-electron chi connectivity index (χ0n) is 10.9. The van der Waals surface area contributed by atoms with E-state index in [1.54, 1.807) is 6.92 Å². The van der Waals surface area contributed by atoms with Crippen molar-refractivity contribution >= 4 is 5.97 Å². The van der Waals surface area contributed by atoms with Crippen LogP contribution in [0.3, 0.4) is 0 Å². The molecule has 0 aromatic heterocycles. The summed E-state index contributed by atoms with van der Waals surface area (Å²) in [6.45, 7) is 12.9.